The van der Waals surface area contributed by atoms with Crippen molar-refractivity contribution in [3.63, 3.8) is 0 Å². The van der Waals surface area contributed by atoms with E-state index in [1.807, 2.05) is 13.0 Å². The lowest BCUT2D eigenvalue weighted by molar-refractivity contribution is 0.325. The minimum atomic E-state index is 0.625. The predicted molar refractivity (Wildman–Crippen MR) is 95.9 cm³/mol. The van der Waals surface area contributed by atoms with E-state index in [1.54, 1.807) is 0 Å². The second-order valence-corrected chi connectivity index (χ2v) is 7.68. The van der Waals surface area contributed by atoms with Crippen LogP contribution in [0, 0.1) is 5.92 Å². The molecule has 1 aliphatic rings. The highest BCUT2D eigenvalue weighted by atomic mass is 79.9. The molecule has 0 aromatic heterocycles. The van der Waals surface area contributed by atoms with Gasteiger partial charge in [-0.3, -0.25) is 0 Å². The van der Waals surface area contributed by atoms with Crippen molar-refractivity contribution in [3.05, 3.63) is 26.6 Å². The van der Waals surface area contributed by atoms with Crippen molar-refractivity contribution >= 4 is 31.9 Å². The van der Waals surface area contributed by atoms with E-state index in [2.05, 4.69) is 50.2 Å². The molecule has 1 aromatic rings. The third kappa shape index (κ3) is 4.97. The molecule has 1 aromatic carbocycles. The molecule has 2 rings (SSSR count). The first kappa shape index (κ1) is 17.3. The van der Waals surface area contributed by atoms with E-state index < -0.39 is 0 Å². The number of hydrogen-bond acceptors (Lipinski definition) is 2. The highest BCUT2D eigenvalue weighted by Crippen LogP contribution is 2.33. The van der Waals surface area contributed by atoms with Gasteiger partial charge in [-0.15, -0.1) is 0 Å². The van der Waals surface area contributed by atoms with Crippen LogP contribution in [0.15, 0.2) is 21.1 Å². The van der Waals surface area contributed by atoms with Crippen molar-refractivity contribution in [2.45, 2.75) is 58.5 Å². The Kier molecular flexibility index (Phi) is 7.03. The molecule has 1 fully saturated rings. The Morgan fingerprint density at radius 2 is 1.95 bits per heavy atom. The van der Waals surface area contributed by atoms with Gasteiger partial charge in [-0.05, 0) is 53.7 Å². The molecule has 118 valence electrons. The number of hydrogen-bond donors (Lipinski definition) is 1. The molecule has 2 atom stereocenters. The molecular formula is C17H25Br2NO. The van der Waals surface area contributed by atoms with Crippen LogP contribution in [0.25, 0.3) is 0 Å². The van der Waals surface area contributed by atoms with Crippen LogP contribution >= 0.6 is 31.9 Å². The highest BCUT2D eigenvalue weighted by Gasteiger charge is 2.20. The molecule has 2 nitrogen and oxygen atoms in total. The molecule has 0 amide bonds. The fourth-order valence-electron chi connectivity index (χ4n) is 3.09. The van der Waals surface area contributed by atoms with Gasteiger partial charge in [0.05, 0.1) is 11.1 Å². The second-order valence-electron chi connectivity index (χ2n) is 5.91. The minimum Gasteiger partial charge on any atom is -0.492 e. The van der Waals surface area contributed by atoms with Gasteiger partial charge >= 0.3 is 0 Å². The zero-order valence-electron chi connectivity index (χ0n) is 12.9. The summed E-state index contributed by atoms with van der Waals surface area (Å²) in [5.41, 5.74) is 1.22. The maximum absolute atomic E-state index is 5.81. The number of halogens is 2. The smallest absolute Gasteiger partial charge is 0.138 e. The Morgan fingerprint density at radius 1 is 1.19 bits per heavy atom. The van der Waals surface area contributed by atoms with Crippen LogP contribution in [0.4, 0.5) is 0 Å². The van der Waals surface area contributed by atoms with Gasteiger partial charge in [-0.25, -0.2) is 0 Å². The Bertz CT molecular complexity index is 464. The number of ether oxygens (including phenoxy) is 1. The van der Waals surface area contributed by atoms with E-state index in [-0.39, 0.29) is 0 Å². The maximum atomic E-state index is 5.81. The Labute approximate surface area is 145 Å². The number of benzene rings is 1. The van der Waals surface area contributed by atoms with E-state index >= 15 is 0 Å². The largest absolute Gasteiger partial charge is 0.492 e. The van der Waals surface area contributed by atoms with Crippen molar-refractivity contribution < 1.29 is 4.74 Å². The van der Waals surface area contributed by atoms with E-state index in [0.29, 0.717) is 12.6 Å². The Morgan fingerprint density at radius 3 is 2.71 bits per heavy atom. The second kappa shape index (κ2) is 8.54. The molecule has 0 bridgehead atoms. The van der Waals surface area contributed by atoms with Crippen LogP contribution in [0.5, 0.6) is 5.75 Å². The molecule has 1 aliphatic carbocycles. The lowest BCUT2D eigenvalue weighted by atomic mass is 9.97. The van der Waals surface area contributed by atoms with Gasteiger partial charge < -0.3 is 10.1 Å². The zero-order chi connectivity index (χ0) is 15.2. The number of nitrogens with one attached hydrogen (secondary N) is 1. The van der Waals surface area contributed by atoms with Gasteiger partial charge in [0, 0.05) is 22.6 Å². The van der Waals surface area contributed by atoms with E-state index in [9.17, 15) is 0 Å². The van der Waals surface area contributed by atoms with Gasteiger partial charge in [0.25, 0.3) is 0 Å². The fraction of sp³-hybridized carbons (Fsp3) is 0.647. The van der Waals surface area contributed by atoms with Gasteiger partial charge in [0.15, 0.2) is 0 Å². The molecule has 1 N–H and O–H groups in total. The third-order valence-corrected chi connectivity index (χ3v) is 5.34. The predicted octanol–water partition coefficient (Wildman–Crippen LogP) is 5.67. The monoisotopic (exact) mass is 417 g/mol. The van der Waals surface area contributed by atoms with E-state index in [0.717, 1.165) is 27.2 Å². The number of rotatable bonds is 5. The molecular weight excluding hydrogens is 394 g/mol. The van der Waals surface area contributed by atoms with Crippen LogP contribution < -0.4 is 10.1 Å². The summed E-state index contributed by atoms with van der Waals surface area (Å²) < 4.78 is 7.91. The first-order valence-electron chi connectivity index (χ1n) is 7.96. The molecule has 4 heteroatoms. The van der Waals surface area contributed by atoms with Crippen LogP contribution in [0.1, 0.15) is 51.5 Å². The minimum absolute atomic E-state index is 0.625. The quantitative estimate of drug-likeness (QED) is 0.622. The van der Waals surface area contributed by atoms with Crippen LogP contribution in [-0.4, -0.2) is 12.6 Å². The van der Waals surface area contributed by atoms with Crippen molar-refractivity contribution in [1.29, 1.82) is 0 Å². The van der Waals surface area contributed by atoms with Crippen LogP contribution in [0.3, 0.4) is 0 Å². The van der Waals surface area contributed by atoms with Crippen molar-refractivity contribution in [2.24, 2.45) is 5.92 Å². The average Bonchev–Trinajstić information content (AvgIpc) is 2.64. The normalized spacial score (nSPS) is 22.9. The van der Waals surface area contributed by atoms with E-state index in [1.165, 1.54) is 37.7 Å². The standard InChI is InChI=1S/C17H25Br2NO/c1-3-21-17-13(9-14(18)10-15(17)19)11-20-16-8-6-4-5-7-12(16)2/h9-10,12,16,20H,3-8,11H2,1-2H3. The highest BCUT2D eigenvalue weighted by molar-refractivity contribution is 9.11. The molecule has 0 aliphatic heterocycles. The van der Waals surface area contributed by atoms with Crippen LogP contribution in [-0.2, 0) is 6.54 Å². The lowest BCUT2D eigenvalue weighted by Gasteiger charge is -2.24. The van der Waals surface area contributed by atoms with Crippen molar-refractivity contribution in [2.75, 3.05) is 6.61 Å². The van der Waals surface area contributed by atoms with Crippen molar-refractivity contribution in [1.82, 2.24) is 5.32 Å². The van der Waals surface area contributed by atoms with E-state index in [4.69, 9.17) is 4.74 Å². The van der Waals surface area contributed by atoms with Gasteiger partial charge in [-0.2, -0.15) is 0 Å². The first-order valence-corrected chi connectivity index (χ1v) is 9.54. The van der Waals surface area contributed by atoms with Gasteiger partial charge in [-0.1, -0.05) is 42.1 Å². The SMILES string of the molecule is CCOc1c(Br)cc(Br)cc1CNC1CCCCCC1C. The Hall–Kier alpha value is -0.0600. The molecule has 0 spiro atoms. The van der Waals surface area contributed by atoms with Crippen LogP contribution in [0.2, 0.25) is 0 Å². The average molecular weight is 419 g/mol. The summed E-state index contributed by atoms with van der Waals surface area (Å²) in [5.74, 6) is 1.73. The summed E-state index contributed by atoms with van der Waals surface area (Å²) in [6.07, 6.45) is 6.75. The molecule has 0 saturated heterocycles. The molecule has 2 unspecified atom stereocenters. The van der Waals surface area contributed by atoms with Gasteiger partial charge in [0.1, 0.15) is 5.75 Å². The Balaban J connectivity index is 2.07. The molecule has 0 radical (unpaired) electrons. The maximum Gasteiger partial charge on any atom is 0.138 e. The summed E-state index contributed by atoms with van der Waals surface area (Å²) in [6.45, 7) is 5.96. The zero-order valence-corrected chi connectivity index (χ0v) is 16.1. The fourth-order valence-corrected chi connectivity index (χ4v) is 4.52. The summed E-state index contributed by atoms with van der Waals surface area (Å²) in [6, 6.07) is 4.83. The summed E-state index contributed by atoms with van der Waals surface area (Å²) in [5, 5.41) is 3.76. The summed E-state index contributed by atoms with van der Waals surface area (Å²) in [7, 11) is 0. The molecule has 21 heavy (non-hydrogen) atoms. The topological polar surface area (TPSA) is 21.3 Å². The summed E-state index contributed by atoms with van der Waals surface area (Å²) in [4.78, 5) is 0. The van der Waals surface area contributed by atoms with Crippen molar-refractivity contribution in [3.8, 4) is 5.75 Å². The molecule has 0 heterocycles. The first-order chi connectivity index (χ1) is 10.1. The van der Waals surface area contributed by atoms with Gasteiger partial charge in [0.2, 0.25) is 0 Å². The lowest BCUT2D eigenvalue weighted by Crippen LogP contribution is -2.33. The summed E-state index contributed by atoms with van der Waals surface area (Å²) >= 11 is 7.18. The molecule has 1 saturated carbocycles. The third-order valence-electron chi connectivity index (χ3n) is 4.29.